The minimum absolute atomic E-state index is 0.331. The molecule has 0 radical (unpaired) electrons. The summed E-state index contributed by atoms with van der Waals surface area (Å²) >= 11 is 0. The van der Waals surface area contributed by atoms with Gasteiger partial charge in [0.2, 0.25) is 5.91 Å². The molecule has 2 aliphatic rings. The van der Waals surface area contributed by atoms with Crippen molar-refractivity contribution in [3.8, 4) is 0 Å². The Hall–Kier alpha value is -1.35. The monoisotopic (exact) mass is 272 g/mol. The molecule has 1 aromatic rings. The van der Waals surface area contributed by atoms with Gasteiger partial charge in [-0.2, -0.15) is 0 Å². The van der Waals surface area contributed by atoms with Crippen LogP contribution in [0.25, 0.3) is 0 Å². The molecule has 1 heterocycles. The molecule has 20 heavy (non-hydrogen) atoms. The standard InChI is InChI=1S/C17H24N2O/c1-2-14-5-7-15(8-6-14)12-19(16-9-10-16)13-18-11-3-4-17(18)20/h5-8,16H,2-4,9-13H2,1H3. The summed E-state index contributed by atoms with van der Waals surface area (Å²) in [5.74, 6) is 0.331. The van der Waals surface area contributed by atoms with Crippen molar-refractivity contribution in [3.63, 3.8) is 0 Å². The molecule has 108 valence electrons. The lowest BCUT2D eigenvalue weighted by Gasteiger charge is -2.28. The van der Waals surface area contributed by atoms with Gasteiger partial charge in [-0.1, -0.05) is 31.2 Å². The Kier molecular flexibility index (Phi) is 4.06. The zero-order valence-electron chi connectivity index (χ0n) is 12.3. The predicted octanol–water partition coefficient (Wildman–Crippen LogP) is 2.79. The molecular weight excluding hydrogens is 248 g/mol. The first-order valence-corrected chi connectivity index (χ1v) is 7.86. The van der Waals surface area contributed by atoms with E-state index >= 15 is 0 Å². The van der Waals surface area contributed by atoms with Gasteiger partial charge in [0, 0.05) is 25.6 Å². The lowest BCUT2D eigenvalue weighted by molar-refractivity contribution is -0.129. The first-order chi connectivity index (χ1) is 9.76. The maximum atomic E-state index is 11.8. The molecule has 1 saturated carbocycles. The van der Waals surface area contributed by atoms with E-state index < -0.39 is 0 Å². The molecule has 0 bridgehead atoms. The molecule has 0 aromatic heterocycles. The van der Waals surface area contributed by atoms with E-state index in [1.165, 1.54) is 24.0 Å². The van der Waals surface area contributed by atoms with Crippen LogP contribution in [0.15, 0.2) is 24.3 Å². The zero-order valence-corrected chi connectivity index (χ0v) is 12.3. The fourth-order valence-electron chi connectivity index (χ4n) is 2.92. The third-order valence-electron chi connectivity index (χ3n) is 4.40. The van der Waals surface area contributed by atoms with Crippen LogP contribution in [0, 0.1) is 0 Å². The lowest BCUT2D eigenvalue weighted by atomic mass is 10.1. The quantitative estimate of drug-likeness (QED) is 0.795. The van der Waals surface area contributed by atoms with E-state index in [1.54, 1.807) is 0 Å². The van der Waals surface area contributed by atoms with Crippen LogP contribution < -0.4 is 0 Å². The second kappa shape index (κ2) is 5.96. The normalized spacial score (nSPS) is 19.1. The third kappa shape index (κ3) is 3.21. The van der Waals surface area contributed by atoms with Gasteiger partial charge in [0.1, 0.15) is 0 Å². The molecule has 0 unspecified atom stereocenters. The molecule has 1 aliphatic heterocycles. The van der Waals surface area contributed by atoms with Gasteiger partial charge in [-0.3, -0.25) is 9.69 Å². The number of carbonyl (C=O) groups is 1. The highest BCUT2D eigenvalue weighted by Gasteiger charge is 2.32. The van der Waals surface area contributed by atoms with Crippen molar-refractivity contribution in [1.29, 1.82) is 0 Å². The molecule has 3 heteroatoms. The molecule has 3 nitrogen and oxygen atoms in total. The fraction of sp³-hybridized carbons (Fsp3) is 0.588. The largest absolute Gasteiger partial charge is 0.330 e. The van der Waals surface area contributed by atoms with Crippen LogP contribution in [-0.2, 0) is 17.8 Å². The zero-order chi connectivity index (χ0) is 13.9. The van der Waals surface area contributed by atoms with Crippen molar-refractivity contribution in [2.24, 2.45) is 0 Å². The van der Waals surface area contributed by atoms with Crippen LogP contribution in [0.5, 0.6) is 0 Å². The fourth-order valence-corrected chi connectivity index (χ4v) is 2.92. The van der Waals surface area contributed by atoms with Gasteiger partial charge in [-0.25, -0.2) is 0 Å². The maximum Gasteiger partial charge on any atom is 0.223 e. The average molecular weight is 272 g/mol. The first-order valence-electron chi connectivity index (χ1n) is 7.86. The minimum atomic E-state index is 0.331. The van der Waals surface area contributed by atoms with Crippen LogP contribution in [-0.4, -0.2) is 35.0 Å². The van der Waals surface area contributed by atoms with E-state index in [0.29, 0.717) is 11.9 Å². The Bertz CT molecular complexity index is 464. The van der Waals surface area contributed by atoms with Crippen LogP contribution in [0.2, 0.25) is 0 Å². The van der Waals surface area contributed by atoms with Gasteiger partial charge in [0.25, 0.3) is 0 Å². The van der Waals surface area contributed by atoms with Crippen LogP contribution >= 0.6 is 0 Å². The number of amides is 1. The van der Waals surface area contributed by atoms with Crippen molar-refractivity contribution in [1.82, 2.24) is 9.80 Å². The average Bonchev–Trinajstić information content (AvgIpc) is 3.24. The molecule has 1 saturated heterocycles. The number of hydrogen-bond acceptors (Lipinski definition) is 2. The second-order valence-corrected chi connectivity index (χ2v) is 6.05. The Balaban J connectivity index is 1.63. The molecule has 3 rings (SSSR count). The Morgan fingerprint density at radius 1 is 1.20 bits per heavy atom. The van der Waals surface area contributed by atoms with Crippen molar-refractivity contribution in [3.05, 3.63) is 35.4 Å². The Morgan fingerprint density at radius 2 is 1.90 bits per heavy atom. The maximum absolute atomic E-state index is 11.8. The summed E-state index contributed by atoms with van der Waals surface area (Å²) in [6.45, 7) is 4.92. The Morgan fingerprint density at radius 3 is 2.45 bits per heavy atom. The van der Waals surface area contributed by atoms with Crippen molar-refractivity contribution >= 4 is 5.91 Å². The van der Waals surface area contributed by atoms with E-state index in [9.17, 15) is 4.79 Å². The summed E-state index contributed by atoms with van der Waals surface area (Å²) < 4.78 is 0. The summed E-state index contributed by atoms with van der Waals surface area (Å²) in [6.07, 6.45) is 5.44. The summed E-state index contributed by atoms with van der Waals surface area (Å²) in [5, 5.41) is 0. The molecular formula is C17H24N2O. The van der Waals surface area contributed by atoms with E-state index in [4.69, 9.17) is 0 Å². The van der Waals surface area contributed by atoms with Gasteiger partial charge in [0.15, 0.2) is 0 Å². The molecule has 0 atom stereocenters. The highest BCUT2D eigenvalue weighted by molar-refractivity contribution is 5.77. The first kappa shape index (κ1) is 13.6. The van der Waals surface area contributed by atoms with Gasteiger partial charge in [0.05, 0.1) is 6.67 Å². The van der Waals surface area contributed by atoms with Gasteiger partial charge in [-0.05, 0) is 36.8 Å². The molecule has 0 spiro atoms. The van der Waals surface area contributed by atoms with Crippen LogP contribution in [0.4, 0.5) is 0 Å². The SMILES string of the molecule is CCc1ccc(CN(CN2CCCC2=O)C2CC2)cc1. The molecule has 1 amide bonds. The summed E-state index contributed by atoms with van der Waals surface area (Å²) in [6, 6.07) is 9.61. The number of nitrogens with zero attached hydrogens (tertiary/aromatic N) is 2. The molecule has 0 N–H and O–H groups in total. The second-order valence-electron chi connectivity index (χ2n) is 6.05. The summed E-state index contributed by atoms with van der Waals surface area (Å²) in [7, 11) is 0. The molecule has 1 aromatic carbocycles. The minimum Gasteiger partial charge on any atom is -0.330 e. The van der Waals surface area contributed by atoms with Crippen molar-refractivity contribution in [2.45, 2.75) is 51.6 Å². The van der Waals surface area contributed by atoms with E-state index in [1.807, 2.05) is 4.90 Å². The lowest BCUT2D eigenvalue weighted by Crippen LogP contribution is -2.39. The topological polar surface area (TPSA) is 23.6 Å². The summed E-state index contributed by atoms with van der Waals surface area (Å²) in [4.78, 5) is 16.3. The Labute approximate surface area is 121 Å². The van der Waals surface area contributed by atoms with Gasteiger partial charge in [-0.15, -0.1) is 0 Å². The number of benzene rings is 1. The smallest absolute Gasteiger partial charge is 0.223 e. The third-order valence-corrected chi connectivity index (χ3v) is 4.40. The molecule has 1 aliphatic carbocycles. The number of likely N-dealkylation sites (tertiary alicyclic amines) is 1. The number of aryl methyl sites for hydroxylation is 1. The number of hydrogen-bond donors (Lipinski definition) is 0. The highest BCUT2D eigenvalue weighted by Crippen LogP contribution is 2.29. The summed E-state index contributed by atoms with van der Waals surface area (Å²) in [5.41, 5.74) is 2.75. The number of rotatable bonds is 6. The van der Waals surface area contributed by atoms with Crippen LogP contribution in [0.3, 0.4) is 0 Å². The highest BCUT2D eigenvalue weighted by atomic mass is 16.2. The van der Waals surface area contributed by atoms with E-state index in [2.05, 4.69) is 36.1 Å². The van der Waals surface area contributed by atoms with Crippen LogP contribution in [0.1, 0.15) is 43.7 Å². The van der Waals surface area contributed by atoms with Gasteiger partial charge >= 0.3 is 0 Å². The van der Waals surface area contributed by atoms with E-state index in [0.717, 1.165) is 39.0 Å². The molecule has 2 fully saturated rings. The predicted molar refractivity (Wildman–Crippen MR) is 80.2 cm³/mol. The van der Waals surface area contributed by atoms with E-state index in [-0.39, 0.29) is 0 Å². The van der Waals surface area contributed by atoms with Gasteiger partial charge < -0.3 is 4.90 Å². The number of carbonyl (C=O) groups excluding carboxylic acids is 1. The van der Waals surface area contributed by atoms with Crippen molar-refractivity contribution < 1.29 is 4.79 Å². The van der Waals surface area contributed by atoms with Crippen molar-refractivity contribution in [2.75, 3.05) is 13.2 Å².